The Morgan fingerprint density at radius 1 is 1.12 bits per heavy atom. The van der Waals surface area contributed by atoms with Crippen LogP contribution in [0.2, 0.25) is 0 Å². The average molecular weight is 467 g/mol. The van der Waals surface area contributed by atoms with Gasteiger partial charge in [0.1, 0.15) is 11.5 Å². The van der Waals surface area contributed by atoms with Crippen LogP contribution in [0.5, 0.6) is 11.5 Å². The summed E-state index contributed by atoms with van der Waals surface area (Å²) in [5.41, 5.74) is 1.64. The molecule has 0 bridgehead atoms. The monoisotopic (exact) mass is 466 g/mol. The summed E-state index contributed by atoms with van der Waals surface area (Å²) in [5, 5.41) is 23.4. The minimum Gasteiger partial charge on any atom is -0.872 e. The van der Waals surface area contributed by atoms with Gasteiger partial charge in [0.05, 0.1) is 33.3 Å². The molecule has 0 saturated carbocycles. The maximum absolute atomic E-state index is 13.6. The second-order valence-electron chi connectivity index (χ2n) is 9.05. The van der Waals surface area contributed by atoms with Gasteiger partial charge in [0.15, 0.2) is 0 Å². The lowest BCUT2D eigenvalue weighted by atomic mass is 9.93. The van der Waals surface area contributed by atoms with Crippen LogP contribution < -0.4 is 14.7 Å². The summed E-state index contributed by atoms with van der Waals surface area (Å²) < 4.78 is 5.73. The number of hydrogen-bond acceptors (Lipinski definition) is 5. The highest BCUT2D eigenvalue weighted by Crippen LogP contribution is 2.39. The molecule has 1 aliphatic rings. The molecule has 0 aliphatic carbocycles. The van der Waals surface area contributed by atoms with Gasteiger partial charge in [0.25, 0.3) is 5.91 Å². The van der Waals surface area contributed by atoms with Gasteiger partial charge in [-0.2, -0.15) is 0 Å². The van der Waals surface area contributed by atoms with Crippen LogP contribution >= 0.6 is 0 Å². The molecule has 1 fully saturated rings. The van der Waals surface area contributed by atoms with E-state index in [-0.39, 0.29) is 11.3 Å². The zero-order chi connectivity index (χ0) is 24.8. The number of Topliss-reactive ketones (excluding diaryl/α,β-unsaturated/α-hetero) is 1. The number of aryl methyl sites for hydroxylation is 1. The summed E-state index contributed by atoms with van der Waals surface area (Å²) in [5.74, 6) is -1.13. The van der Waals surface area contributed by atoms with E-state index in [1.807, 2.05) is 14.1 Å². The topological polar surface area (TPSA) is 94.3 Å². The summed E-state index contributed by atoms with van der Waals surface area (Å²) >= 11 is 0. The number of nitrogens with zero attached hydrogens (tertiary/aromatic N) is 1. The van der Waals surface area contributed by atoms with E-state index < -0.39 is 23.5 Å². The standard InChI is InChI=1S/C27H34N2O5/c1-5-6-16-34-21-12-13-22(18(2)17-21)25(31)23-24(19-8-10-20(30)11-9-19)29(27(33)26(23)32)15-7-14-28(3)4/h8-13,17,24,30-31H,5-7,14-16H2,1-4H3. The molecule has 182 valence electrons. The number of phenols is 1. The molecule has 1 saturated heterocycles. The van der Waals surface area contributed by atoms with E-state index in [1.54, 1.807) is 37.3 Å². The normalized spacial score (nSPS) is 17.6. The van der Waals surface area contributed by atoms with Crippen molar-refractivity contribution in [2.45, 2.75) is 39.2 Å². The van der Waals surface area contributed by atoms with Gasteiger partial charge < -0.3 is 24.7 Å². The molecule has 7 nitrogen and oxygen atoms in total. The van der Waals surface area contributed by atoms with Gasteiger partial charge in [0.2, 0.25) is 5.78 Å². The number of rotatable bonds is 10. The lowest BCUT2D eigenvalue weighted by Crippen LogP contribution is -3.05. The van der Waals surface area contributed by atoms with Crippen LogP contribution in [0, 0.1) is 6.92 Å². The Labute approximate surface area is 201 Å². The van der Waals surface area contributed by atoms with Gasteiger partial charge in [-0.3, -0.25) is 9.59 Å². The quantitative estimate of drug-likeness (QED) is 0.240. The fourth-order valence-corrected chi connectivity index (χ4v) is 4.17. The third-order valence-corrected chi connectivity index (χ3v) is 6.02. The van der Waals surface area contributed by atoms with Gasteiger partial charge in [-0.15, -0.1) is 0 Å². The number of quaternary nitrogens is 1. The Bertz CT molecular complexity index is 1060. The fraction of sp³-hybridized carbons (Fsp3) is 0.407. The summed E-state index contributed by atoms with van der Waals surface area (Å²) in [7, 11) is 4.04. The molecule has 0 aromatic heterocycles. The number of benzene rings is 2. The van der Waals surface area contributed by atoms with Crippen LogP contribution in [-0.2, 0) is 9.59 Å². The Hall–Kier alpha value is -3.32. The number of aromatic hydroxyl groups is 1. The molecule has 1 amide bonds. The molecule has 34 heavy (non-hydrogen) atoms. The molecule has 2 N–H and O–H groups in total. The Morgan fingerprint density at radius 3 is 2.44 bits per heavy atom. The average Bonchev–Trinajstić information content (AvgIpc) is 3.04. The van der Waals surface area contributed by atoms with E-state index in [0.29, 0.717) is 42.0 Å². The molecule has 7 heteroatoms. The van der Waals surface area contributed by atoms with E-state index >= 15 is 0 Å². The number of phenolic OH excluding ortho intramolecular Hbond substituents is 1. The summed E-state index contributed by atoms with van der Waals surface area (Å²) in [4.78, 5) is 28.8. The van der Waals surface area contributed by atoms with Crippen molar-refractivity contribution in [1.82, 2.24) is 4.90 Å². The predicted octanol–water partition coefficient (Wildman–Crippen LogP) is 1.64. The van der Waals surface area contributed by atoms with E-state index in [9.17, 15) is 19.8 Å². The molecule has 2 aromatic carbocycles. The van der Waals surface area contributed by atoms with Gasteiger partial charge in [-0.1, -0.05) is 37.3 Å². The largest absolute Gasteiger partial charge is 0.872 e. The van der Waals surface area contributed by atoms with Crippen molar-refractivity contribution in [3.8, 4) is 11.5 Å². The highest BCUT2D eigenvalue weighted by Gasteiger charge is 2.44. The summed E-state index contributed by atoms with van der Waals surface area (Å²) in [6, 6.07) is 10.7. The van der Waals surface area contributed by atoms with Crippen molar-refractivity contribution >= 4 is 17.4 Å². The molecule has 1 heterocycles. The minimum absolute atomic E-state index is 0.0457. The van der Waals surface area contributed by atoms with Crippen LogP contribution in [0.1, 0.15) is 48.9 Å². The maximum Gasteiger partial charge on any atom is 0.295 e. The van der Waals surface area contributed by atoms with Crippen molar-refractivity contribution < 1.29 is 29.4 Å². The Kier molecular flexibility index (Phi) is 8.34. The Balaban J connectivity index is 2.02. The van der Waals surface area contributed by atoms with Gasteiger partial charge in [-0.25, -0.2) is 0 Å². The van der Waals surface area contributed by atoms with Crippen molar-refractivity contribution in [3.05, 3.63) is 64.7 Å². The first kappa shape index (κ1) is 25.3. The van der Waals surface area contributed by atoms with Crippen molar-refractivity contribution in [1.29, 1.82) is 0 Å². The molecule has 1 aliphatic heterocycles. The maximum atomic E-state index is 13.6. The van der Waals surface area contributed by atoms with Crippen LogP contribution in [-0.4, -0.2) is 55.5 Å². The van der Waals surface area contributed by atoms with E-state index in [2.05, 4.69) is 6.92 Å². The third-order valence-electron chi connectivity index (χ3n) is 6.02. The molecule has 0 spiro atoms. The number of nitrogens with one attached hydrogen (secondary N) is 1. The number of likely N-dealkylation sites (tertiary alicyclic amines) is 1. The molecule has 1 atom stereocenters. The minimum atomic E-state index is -0.787. The first-order valence-corrected chi connectivity index (χ1v) is 11.8. The van der Waals surface area contributed by atoms with Gasteiger partial charge in [-0.05, 0) is 54.3 Å². The van der Waals surface area contributed by atoms with Gasteiger partial charge >= 0.3 is 0 Å². The van der Waals surface area contributed by atoms with E-state index in [0.717, 1.165) is 19.4 Å². The fourth-order valence-electron chi connectivity index (χ4n) is 4.17. The first-order valence-electron chi connectivity index (χ1n) is 11.8. The van der Waals surface area contributed by atoms with Crippen molar-refractivity contribution in [3.63, 3.8) is 0 Å². The third kappa shape index (κ3) is 5.59. The van der Waals surface area contributed by atoms with Crippen LogP contribution in [0.3, 0.4) is 0 Å². The molecular formula is C27H34N2O5. The molecular weight excluding hydrogens is 432 g/mol. The van der Waals surface area contributed by atoms with E-state index in [4.69, 9.17) is 4.74 Å². The highest BCUT2D eigenvalue weighted by atomic mass is 16.5. The zero-order valence-electron chi connectivity index (χ0n) is 20.4. The zero-order valence-corrected chi connectivity index (χ0v) is 20.4. The van der Waals surface area contributed by atoms with Crippen molar-refractivity contribution in [2.75, 3.05) is 33.8 Å². The number of amides is 1. The number of unbranched alkanes of at least 4 members (excludes halogenated alkanes) is 1. The molecule has 2 aromatic rings. The number of carbonyl (C=O) groups excluding carboxylic acids is 2. The summed E-state index contributed by atoms with van der Waals surface area (Å²) in [6.07, 6.45) is 2.66. The van der Waals surface area contributed by atoms with Crippen LogP contribution in [0.25, 0.3) is 5.76 Å². The van der Waals surface area contributed by atoms with Gasteiger partial charge in [0, 0.05) is 18.5 Å². The SMILES string of the molecule is CCCCOc1ccc(C([O-])=C2C(=O)C(=O)N(CCC[NH+](C)C)C2c2ccc(O)cc2)c(C)c1. The molecule has 3 rings (SSSR count). The second-order valence-corrected chi connectivity index (χ2v) is 9.05. The number of hydrogen-bond donors (Lipinski definition) is 2. The second kappa shape index (κ2) is 11.2. The molecule has 1 unspecified atom stereocenters. The lowest BCUT2D eigenvalue weighted by molar-refractivity contribution is -0.858. The predicted molar refractivity (Wildman–Crippen MR) is 128 cm³/mol. The van der Waals surface area contributed by atoms with Crippen LogP contribution in [0.15, 0.2) is 48.0 Å². The number of carbonyl (C=O) groups is 2. The number of ketones is 1. The van der Waals surface area contributed by atoms with Crippen LogP contribution in [0.4, 0.5) is 0 Å². The molecule has 0 radical (unpaired) electrons. The van der Waals surface area contributed by atoms with Crippen molar-refractivity contribution in [2.24, 2.45) is 0 Å². The Morgan fingerprint density at radius 2 is 1.82 bits per heavy atom. The lowest BCUT2D eigenvalue weighted by Gasteiger charge is -2.28. The van der Waals surface area contributed by atoms with E-state index in [1.165, 1.54) is 21.9 Å². The summed E-state index contributed by atoms with van der Waals surface area (Å²) in [6.45, 7) is 5.67. The number of ether oxygens (including phenoxy) is 1. The first-order chi connectivity index (χ1) is 16.2. The highest BCUT2D eigenvalue weighted by molar-refractivity contribution is 6.46. The smallest absolute Gasteiger partial charge is 0.295 e.